The van der Waals surface area contributed by atoms with E-state index in [1.807, 2.05) is 37.3 Å². The molecule has 3 rings (SSSR count). The van der Waals surface area contributed by atoms with Crippen LogP contribution in [0.15, 0.2) is 48.5 Å². The summed E-state index contributed by atoms with van der Waals surface area (Å²) in [6.07, 6.45) is 0. The quantitative estimate of drug-likeness (QED) is 0.654. The number of non-ortho nitro benzene ring substituents is 1. The number of nitro benzene ring substituents is 1. The SMILES string of the molecule is CC1(c2ccccc2)Nc2ccc([N+](=O)[O-])cc2C(=N)O1. The molecule has 106 valence electrons. The Balaban J connectivity index is 2.04. The summed E-state index contributed by atoms with van der Waals surface area (Å²) in [7, 11) is 0. The van der Waals surface area contributed by atoms with Crippen molar-refractivity contribution < 1.29 is 9.66 Å². The minimum absolute atomic E-state index is 0.0628. The van der Waals surface area contributed by atoms with Gasteiger partial charge in [-0.25, -0.2) is 0 Å². The molecule has 1 atom stereocenters. The summed E-state index contributed by atoms with van der Waals surface area (Å²) in [6.45, 7) is 1.82. The average Bonchev–Trinajstić information content (AvgIpc) is 2.47. The highest BCUT2D eigenvalue weighted by molar-refractivity contribution is 6.00. The Labute approximate surface area is 121 Å². The predicted molar refractivity (Wildman–Crippen MR) is 78.4 cm³/mol. The van der Waals surface area contributed by atoms with Gasteiger partial charge < -0.3 is 10.1 Å². The number of fused-ring (bicyclic) bond motifs is 1. The number of rotatable bonds is 2. The number of nitro groups is 1. The maximum atomic E-state index is 10.8. The van der Waals surface area contributed by atoms with Gasteiger partial charge in [0.15, 0.2) is 0 Å². The van der Waals surface area contributed by atoms with Crippen molar-refractivity contribution >= 4 is 17.3 Å². The van der Waals surface area contributed by atoms with E-state index in [9.17, 15) is 10.1 Å². The largest absolute Gasteiger partial charge is 0.447 e. The molecule has 0 bridgehead atoms. The summed E-state index contributed by atoms with van der Waals surface area (Å²) in [5.41, 5.74) is 0.966. The Morgan fingerprint density at radius 1 is 1.24 bits per heavy atom. The molecule has 1 heterocycles. The first-order valence-corrected chi connectivity index (χ1v) is 6.40. The van der Waals surface area contributed by atoms with Crippen molar-refractivity contribution in [1.82, 2.24) is 0 Å². The molecular weight excluding hydrogens is 270 g/mol. The van der Waals surface area contributed by atoms with Crippen molar-refractivity contribution in [2.75, 3.05) is 5.32 Å². The second-order valence-electron chi connectivity index (χ2n) is 4.94. The zero-order chi connectivity index (χ0) is 15.0. The third-order valence-electron chi connectivity index (χ3n) is 3.46. The van der Waals surface area contributed by atoms with Gasteiger partial charge in [0.2, 0.25) is 11.6 Å². The molecule has 0 spiro atoms. The summed E-state index contributed by atoms with van der Waals surface area (Å²) in [6, 6.07) is 13.8. The van der Waals surface area contributed by atoms with Gasteiger partial charge >= 0.3 is 0 Å². The van der Waals surface area contributed by atoms with Crippen LogP contribution in [0.1, 0.15) is 18.1 Å². The number of benzene rings is 2. The lowest BCUT2D eigenvalue weighted by atomic mass is 10.00. The number of anilines is 1. The third kappa shape index (κ3) is 2.20. The lowest BCUT2D eigenvalue weighted by Crippen LogP contribution is -2.41. The van der Waals surface area contributed by atoms with E-state index in [0.717, 1.165) is 5.56 Å². The van der Waals surface area contributed by atoms with Gasteiger partial charge in [-0.1, -0.05) is 30.3 Å². The Bertz CT molecular complexity index is 730. The molecular formula is C15H13N3O3. The van der Waals surface area contributed by atoms with E-state index in [1.165, 1.54) is 12.1 Å². The van der Waals surface area contributed by atoms with Gasteiger partial charge in [-0.3, -0.25) is 15.5 Å². The second-order valence-corrected chi connectivity index (χ2v) is 4.94. The molecule has 2 aromatic carbocycles. The first-order chi connectivity index (χ1) is 9.99. The van der Waals surface area contributed by atoms with Crippen molar-refractivity contribution in [1.29, 1.82) is 5.41 Å². The monoisotopic (exact) mass is 283 g/mol. The first-order valence-electron chi connectivity index (χ1n) is 6.40. The van der Waals surface area contributed by atoms with E-state index in [0.29, 0.717) is 11.3 Å². The van der Waals surface area contributed by atoms with Crippen LogP contribution in [0.4, 0.5) is 11.4 Å². The number of hydrogen-bond acceptors (Lipinski definition) is 5. The summed E-state index contributed by atoms with van der Waals surface area (Å²) in [4.78, 5) is 10.3. The van der Waals surface area contributed by atoms with E-state index >= 15 is 0 Å². The van der Waals surface area contributed by atoms with Gasteiger partial charge in [-0.15, -0.1) is 0 Å². The van der Waals surface area contributed by atoms with E-state index in [2.05, 4.69) is 5.32 Å². The zero-order valence-electron chi connectivity index (χ0n) is 11.3. The van der Waals surface area contributed by atoms with Gasteiger partial charge in [-0.2, -0.15) is 0 Å². The number of nitrogens with one attached hydrogen (secondary N) is 2. The zero-order valence-corrected chi connectivity index (χ0v) is 11.3. The molecule has 0 saturated carbocycles. The van der Waals surface area contributed by atoms with Crippen molar-refractivity contribution in [3.8, 4) is 0 Å². The molecule has 2 aromatic rings. The molecule has 0 fully saturated rings. The molecule has 0 radical (unpaired) electrons. The van der Waals surface area contributed by atoms with Gasteiger partial charge in [0.1, 0.15) is 0 Å². The highest BCUT2D eigenvalue weighted by Crippen LogP contribution is 2.36. The van der Waals surface area contributed by atoms with Crippen LogP contribution in [0, 0.1) is 15.5 Å². The average molecular weight is 283 g/mol. The van der Waals surface area contributed by atoms with Crippen LogP contribution >= 0.6 is 0 Å². The van der Waals surface area contributed by atoms with E-state index < -0.39 is 10.6 Å². The highest BCUT2D eigenvalue weighted by Gasteiger charge is 2.36. The van der Waals surface area contributed by atoms with Crippen molar-refractivity contribution in [3.63, 3.8) is 0 Å². The van der Waals surface area contributed by atoms with Crippen molar-refractivity contribution in [2.45, 2.75) is 12.6 Å². The fraction of sp³-hybridized carbons (Fsp3) is 0.133. The van der Waals surface area contributed by atoms with E-state index in [-0.39, 0.29) is 11.6 Å². The van der Waals surface area contributed by atoms with Crippen molar-refractivity contribution in [3.05, 3.63) is 69.8 Å². The summed E-state index contributed by atoms with van der Waals surface area (Å²) in [5.74, 6) is -0.0844. The van der Waals surface area contributed by atoms with Gasteiger partial charge in [0.05, 0.1) is 16.2 Å². The standard InChI is InChI=1S/C15H13N3O3/c1-15(10-5-3-2-4-6-10)17-13-8-7-11(18(19)20)9-12(13)14(16)21-15/h2-9,16-17H,1H3. The van der Waals surface area contributed by atoms with Gasteiger partial charge in [-0.05, 0) is 13.0 Å². The minimum Gasteiger partial charge on any atom is -0.447 e. The Kier molecular flexibility index (Phi) is 2.86. The molecule has 1 aliphatic rings. The molecule has 6 nitrogen and oxygen atoms in total. The molecule has 0 aliphatic carbocycles. The van der Waals surface area contributed by atoms with E-state index in [4.69, 9.17) is 10.1 Å². The lowest BCUT2D eigenvalue weighted by Gasteiger charge is -2.37. The number of hydrogen-bond donors (Lipinski definition) is 2. The van der Waals surface area contributed by atoms with Crippen LogP contribution in [0.5, 0.6) is 0 Å². The summed E-state index contributed by atoms with van der Waals surface area (Å²) >= 11 is 0. The second kappa shape index (κ2) is 4.59. The van der Waals surface area contributed by atoms with Gasteiger partial charge in [0, 0.05) is 17.7 Å². The lowest BCUT2D eigenvalue weighted by molar-refractivity contribution is -0.384. The predicted octanol–water partition coefficient (Wildman–Crippen LogP) is 3.24. The van der Waals surface area contributed by atoms with Crippen LogP contribution in [0.25, 0.3) is 0 Å². The fourth-order valence-corrected chi connectivity index (χ4v) is 2.37. The molecule has 6 heteroatoms. The summed E-state index contributed by atoms with van der Waals surface area (Å²) in [5, 5.41) is 22.0. The molecule has 21 heavy (non-hydrogen) atoms. The molecule has 0 saturated heterocycles. The Hall–Kier alpha value is -2.89. The van der Waals surface area contributed by atoms with E-state index in [1.54, 1.807) is 6.07 Å². The molecule has 0 amide bonds. The molecule has 1 aliphatic heterocycles. The fourth-order valence-electron chi connectivity index (χ4n) is 2.37. The normalized spacial score (nSPS) is 20.1. The van der Waals surface area contributed by atoms with Crippen molar-refractivity contribution in [2.24, 2.45) is 0 Å². The third-order valence-corrected chi connectivity index (χ3v) is 3.46. The Morgan fingerprint density at radius 3 is 2.62 bits per heavy atom. The molecule has 1 unspecified atom stereocenters. The Morgan fingerprint density at radius 2 is 1.95 bits per heavy atom. The van der Waals surface area contributed by atoms with Crippen LogP contribution in [0.2, 0.25) is 0 Å². The van der Waals surface area contributed by atoms with Crippen LogP contribution in [0.3, 0.4) is 0 Å². The molecule has 0 aromatic heterocycles. The highest BCUT2D eigenvalue weighted by atomic mass is 16.6. The van der Waals surface area contributed by atoms with Crippen LogP contribution < -0.4 is 5.32 Å². The first kappa shape index (κ1) is 13.1. The van der Waals surface area contributed by atoms with Crippen LogP contribution in [-0.2, 0) is 10.5 Å². The number of nitrogens with zero attached hydrogens (tertiary/aromatic N) is 1. The summed E-state index contributed by atoms with van der Waals surface area (Å²) < 4.78 is 5.67. The maximum Gasteiger partial charge on any atom is 0.270 e. The minimum atomic E-state index is -0.874. The van der Waals surface area contributed by atoms with Gasteiger partial charge in [0.25, 0.3) is 5.69 Å². The topological polar surface area (TPSA) is 88.3 Å². The maximum absolute atomic E-state index is 10.8. The molecule has 2 N–H and O–H groups in total. The van der Waals surface area contributed by atoms with Crippen LogP contribution in [-0.4, -0.2) is 10.8 Å². The smallest absolute Gasteiger partial charge is 0.270 e. The number of ether oxygens (including phenoxy) is 1.